The third kappa shape index (κ3) is 1.38. The summed E-state index contributed by atoms with van der Waals surface area (Å²) in [7, 11) is 0. The molecule has 1 amide bonds. The summed E-state index contributed by atoms with van der Waals surface area (Å²) in [4.78, 5) is 22.9. The molecule has 1 saturated heterocycles. The molecule has 1 aromatic carbocycles. The molecular weight excluding hydrogens is 206 g/mol. The summed E-state index contributed by atoms with van der Waals surface area (Å²) in [6, 6.07) is 9.27. The quantitative estimate of drug-likeness (QED) is 0.729. The number of nitrogens with one attached hydrogen (secondary N) is 1. The second-order valence-electron chi connectivity index (χ2n) is 4.18. The lowest BCUT2D eigenvalue weighted by Gasteiger charge is -2.23. The molecular formula is C12H13NO3. The molecule has 1 aliphatic heterocycles. The van der Waals surface area contributed by atoms with Crippen molar-refractivity contribution in [2.24, 2.45) is 5.41 Å². The van der Waals surface area contributed by atoms with Gasteiger partial charge >= 0.3 is 5.97 Å². The molecule has 1 aliphatic rings. The van der Waals surface area contributed by atoms with Crippen LogP contribution in [-0.2, 0) is 9.59 Å². The number of carbonyl (C=O) groups is 2. The Hall–Kier alpha value is -1.84. The first-order valence-corrected chi connectivity index (χ1v) is 5.13. The van der Waals surface area contributed by atoms with Crippen molar-refractivity contribution in [3.05, 3.63) is 35.9 Å². The van der Waals surface area contributed by atoms with Gasteiger partial charge in [-0.25, -0.2) is 0 Å². The number of rotatable bonds is 2. The normalized spacial score (nSPS) is 28.8. The van der Waals surface area contributed by atoms with Crippen LogP contribution in [0.3, 0.4) is 0 Å². The van der Waals surface area contributed by atoms with E-state index >= 15 is 0 Å². The Kier molecular flexibility index (Phi) is 2.42. The molecule has 0 radical (unpaired) electrons. The predicted molar refractivity (Wildman–Crippen MR) is 57.9 cm³/mol. The Morgan fingerprint density at radius 1 is 1.44 bits per heavy atom. The maximum Gasteiger partial charge on any atom is 0.319 e. The fraction of sp³-hybridized carbons (Fsp3) is 0.333. The minimum atomic E-state index is -1.36. The highest BCUT2D eigenvalue weighted by Crippen LogP contribution is 2.39. The predicted octanol–water partition coefficient (Wildman–Crippen LogP) is 0.991. The van der Waals surface area contributed by atoms with Crippen LogP contribution in [0.5, 0.6) is 0 Å². The molecule has 0 aromatic heterocycles. The van der Waals surface area contributed by atoms with Gasteiger partial charge in [-0.15, -0.1) is 0 Å². The highest BCUT2D eigenvalue weighted by molar-refractivity contribution is 6.04. The zero-order valence-corrected chi connectivity index (χ0v) is 8.93. The van der Waals surface area contributed by atoms with Crippen LogP contribution >= 0.6 is 0 Å². The summed E-state index contributed by atoms with van der Waals surface area (Å²) < 4.78 is 0. The van der Waals surface area contributed by atoms with Crippen LogP contribution in [0.1, 0.15) is 18.4 Å². The van der Waals surface area contributed by atoms with Crippen LogP contribution in [0.25, 0.3) is 0 Å². The Labute approximate surface area is 93.3 Å². The van der Waals surface area contributed by atoms with Crippen molar-refractivity contribution in [3.63, 3.8) is 0 Å². The number of aliphatic carboxylic acids is 1. The van der Waals surface area contributed by atoms with Gasteiger partial charge in [0.2, 0.25) is 5.91 Å². The Morgan fingerprint density at radius 2 is 2.06 bits per heavy atom. The summed E-state index contributed by atoms with van der Waals surface area (Å²) >= 11 is 0. The van der Waals surface area contributed by atoms with Gasteiger partial charge in [-0.1, -0.05) is 30.3 Å². The molecule has 0 bridgehead atoms. The second kappa shape index (κ2) is 3.63. The zero-order chi connectivity index (χ0) is 11.8. The molecule has 2 N–H and O–H groups in total. The zero-order valence-electron chi connectivity index (χ0n) is 8.93. The van der Waals surface area contributed by atoms with Gasteiger partial charge in [0.05, 0.1) is 0 Å². The van der Waals surface area contributed by atoms with E-state index in [1.807, 2.05) is 30.3 Å². The number of benzene rings is 1. The summed E-state index contributed by atoms with van der Waals surface area (Å²) in [5, 5.41) is 11.8. The number of carboxylic acids is 1. The summed E-state index contributed by atoms with van der Waals surface area (Å²) in [6.07, 6.45) is 0. The van der Waals surface area contributed by atoms with Crippen molar-refractivity contribution in [1.82, 2.24) is 5.32 Å². The molecule has 16 heavy (non-hydrogen) atoms. The van der Waals surface area contributed by atoms with Gasteiger partial charge in [0.15, 0.2) is 5.41 Å². The van der Waals surface area contributed by atoms with Crippen LogP contribution in [0, 0.1) is 5.41 Å². The fourth-order valence-corrected chi connectivity index (χ4v) is 2.12. The van der Waals surface area contributed by atoms with Crippen molar-refractivity contribution in [3.8, 4) is 0 Å². The van der Waals surface area contributed by atoms with Crippen LogP contribution in [0.2, 0.25) is 0 Å². The second-order valence-corrected chi connectivity index (χ2v) is 4.18. The highest BCUT2D eigenvalue weighted by Gasteiger charge is 2.53. The van der Waals surface area contributed by atoms with E-state index in [4.69, 9.17) is 0 Å². The molecule has 4 nitrogen and oxygen atoms in total. The minimum Gasteiger partial charge on any atom is -0.480 e. The largest absolute Gasteiger partial charge is 0.480 e. The first-order chi connectivity index (χ1) is 7.56. The number of carbonyl (C=O) groups excluding carboxylic acids is 1. The molecule has 0 aliphatic carbocycles. The molecule has 4 heteroatoms. The van der Waals surface area contributed by atoms with Crippen molar-refractivity contribution in [2.45, 2.75) is 12.8 Å². The fourth-order valence-electron chi connectivity index (χ4n) is 2.12. The Morgan fingerprint density at radius 3 is 2.62 bits per heavy atom. The minimum absolute atomic E-state index is 0.307. The van der Waals surface area contributed by atoms with Crippen molar-refractivity contribution >= 4 is 11.9 Å². The van der Waals surface area contributed by atoms with E-state index in [0.717, 1.165) is 5.56 Å². The molecule has 1 aromatic rings. The Balaban J connectivity index is 2.43. The summed E-state index contributed by atoms with van der Waals surface area (Å²) in [6.45, 7) is 1.86. The van der Waals surface area contributed by atoms with E-state index in [-0.39, 0.29) is 5.92 Å². The van der Waals surface area contributed by atoms with Crippen molar-refractivity contribution in [1.29, 1.82) is 0 Å². The molecule has 84 valence electrons. The van der Waals surface area contributed by atoms with Gasteiger partial charge in [-0.2, -0.15) is 0 Å². The Bertz CT molecular complexity index is 429. The first-order valence-electron chi connectivity index (χ1n) is 5.13. The number of amides is 1. The van der Waals surface area contributed by atoms with E-state index in [0.29, 0.717) is 6.54 Å². The average molecular weight is 219 g/mol. The van der Waals surface area contributed by atoms with Crippen LogP contribution in [0.15, 0.2) is 30.3 Å². The molecule has 1 fully saturated rings. The molecule has 2 unspecified atom stereocenters. The molecule has 2 atom stereocenters. The lowest BCUT2D eigenvalue weighted by molar-refractivity contribution is -0.153. The third-order valence-corrected chi connectivity index (χ3v) is 3.28. The van der Waals surface area contributed by atoms with Gasteiger partial charge in [0.25, 0.3) is 0 Å². The van der Waals surface area contributed by atoms with E-state index < -0.39 is 17.3 Å². The monoisotopic (exact) mass is 219 g/mol. The van der Waals surface area contributed by atoms with Gasteiger partial charge in [0.1, 0.15) is 0 Å². The summed E-state index contributed by atoms with van der Waals surface area (Å²) in [5.74, 6) is -1.79. The maximum atomic E-state index is 11.6. The molecule has 1 heterocycles. The topological polar surface area (TPSA) is 66.4 Å². The molecule has 0 saturated carbocycles. The average Bonchev–Trinajstić information content (AvgIpc) is 2.58. The van der Waals surface area contributed by atoms with E-state index in [1.54, 1.807) is 0 Å². The van der Waals surface area contributed by atoms with E-state index in [1.165, 1.54) is 6.92 Å². The lowest BCUT2D eigenvalue weighted by atomic mass is 9.75. The molecule has 0 spiro atoms. The number of hydrogen-bond acceptors (Lipinski definition) is 2. The van der Waals surface area contributed by atoms with E-state index in [2.05, 4.69) is 5.32 Å². The number of hydrogen-bond donors (Lipinski definition) is 2. The van der Waals surface area contributed by atoms with Crippen molar-refractivity contribution < 1.29 is 14.7 Å². The molecule has 2 rings (SSSR count). The number of carboxylic acid groups (broad SMARTS) is 1. The van der Waals surface area contributed by atoms with Gasteiger partial charge in [0, 0.05) is 12.5 Å². The van der Waals surface area contributed by atoms with E-state index in [9.17, 15) is 14.7 Å². The van der Waals surface area contributed by atoms with Crippen LogP contribution in [0.4, 0.5) is 0 Å². The first kappa shape index (κ1) is 10.7. The van der Waals surface area contributed by atoms with Gasteiger partial charge < -0.3 is 10.4 Å². The highest BCUT2D eigenvalue weighted by atomic mass is 16.4. The summed E-state index contributed by atoms with van der Waals surface area (Å²) in [5.41, 5.74) is -0.479. The SMILES string of the molecule is CC1(C(=O)O)C(=O)NCC1c1ccccc1. The lowest BCUT2D eigenvalue weighted by Crippen LogP contribution is -2.39. The van der Waals surface area contributed by atoms with Crippen LogP contribution in [-0.4, -0.2) is 23.5 Å². The van der Waals surface area contributed by atoms with Gasteiger partial charge in [-0.05, 0) is 12.5 Å². The standard InChI is InChI=1S/C12H13NO3/c1-12(11(15)16)9(7-13-10(12)14)8-5-3-2-4-6-8/h2-6,9H,7H2,1H3,(H,13,14)(H,15,16). The van der Waals surface area contributed by atoms with Gasteiger partial charge in [-0.3, -0.25) is 9.59 Å². The smallest absolute Gasteiger partial charge is 0.319 e. The maximum absolute atomic E-state index is 11.6. The third-order valence-electron chi connectivity index (χ3n) is 3.28. The van der Waals surface area contributed by atoms with Crippen LogP contribution < -0.4 is 5.32 Å². The van der Waals surface area contributed by atoms with Crippen molar-refractivity contribution in [2.75, 3.05) is 6.54 Å².